The summed E-state index contributed by atoms with van der Waals surface area (Å²) in [5, 5.41) is 9.73. The minimum Gasteiger partial charge on any atom is -0.393 e. The Balaban J connectivity index is 2.46. The quantitative estimate of drug-likeness (QED) is 0.810. The van der Waals surface area contributed by atoms with Gasteiger partial charge < -0.3 is 5.11 Å². The third-order valence-electron chi connectivity index (χ3n) is 2.27. The number of thioether (sulfide) groups is 1. The normalized spacial score (nSPS) is 12.8. The van der Waals surface area contributed by atoms with E-state index in [0.717, 1.165) is 16.0 Å². The molecule has 90 valence electrons. The van der Waals surface area contributed by atoms with E-state index in [1.165, 1.54) is 6.07 Å². The van der Waals surface area contributed by atoms with Gasteiger partial charge in [0.2, 0.25) is 0 Å². The molecule has 0 radical (unpaired) electrons. The molecule has 16 heavy (non-hydrogen) atoms. The van der Waals surface area contributed by atoms with Crippen molar-refractivity contribution in [1.29, 1.82) is 0 Å². The molecule has 1 N–H and O–H groups in total. The summed E-state index contributed by atoms with van der Waals surface area (Å²) in [6.45, 7) is 2.09. The van der Waals surface area contributed by atoms with Gasteiger partial charge in [0.15, 0.2) is 0 Å². The Morgan fingerprint density at radius 3 is 2.88 bits per heavy atom. The molecule has 0 spiro atoms. The maximum atomic E-state index is 13.5. The third-order valence-corrected chi connectivity index (χ3v) is 3.70. The topological polar surface area (TPSA) is 20.2 Å². The van der Waals surface area contributed by atoms with E-state index >= 15 is 0 Å². The number of rotatable bonds is 6. The maximum Gasteiger partial charge on any atom is 0.127 e. The number of aliphatic hydroxyl groups excluding tert-OH is 1. The molecule has 0 amide bonds. The minimum absolute atomic E-state index is 0.253. The monoisotopic (exact) mass is 306 g/mol. The summed E-state index contributed by atoms with van der Waals surface area (Å²) >= 11 is 5.00. The summed E-state index contributed by atoms with van der Waals surface area (Å²) in [5.74, 6) is 1.73. The van der Waals surface area contributed by atoms with Crippen molar-refractivity contribution in [2.24, 2.45) is 0 Å². The molecule has 4 heteroatoms. The summed E-state index contributed by atoms with van der Waals surface area (Å²) in [4.78, 5) is 0. The molecule has 0 heterocycles. The molecule has 0 bridgehead atoms. The number of benzene rings is 1. The highest BCUT2D eigenvalue weighted by Gasteiger charge is 2.09. The van der Waals surface area contributed by atoms with Crippen molar-refractivity contribution < 1.29 is 9.50 Å². The van der Waals surface area contributed by atoms with E-state index in [9.17, 15) is 9.50 Å². The molecule has 0 saturated carbocycles. The second kappa shape index (κ2) is 7.30. The third kappa shape index (κ3) is 4.85. The fourth-order valence-corrected chi connectivity index (χ4v) is 2.47. The molecule has 0 aliphatic heterocycles. The van der Waals surface area contributed by atoms with Crippen LogP contribution in [0.1, 0.15) is 18.9 Å². The van der Waals surface area contributed by atoms with E-state index in [4.69, 9.17) is 0 Å². The van der Waals surface area contributed by atoms with Crippen molar-refractivity contribution in [3.63, 3.8) is 0 Å². The Labute approximate surface area is 109 Å². The van der Waals surface area contributed by atoms with E-state index in [2.05, 4.69) is 22.9 Å². The average molecular weight is 307 g/mol. The van der Waals surface area contributed by atoms with E-state index in [1.807, 2.05) is 0 Å². The van der Waals surface area contributed by atoms with Gasteiger partial charge in [-0.25, -0.2) is 4.39 Å². The molecule has 1 rings (SSSR count). The number of hydrogen-bond donors (Lipinski definition) is 1. The fraction of sp³-hybridized carbons (Fsp3) is 0.500. The van der Waals surface area contributed by atoms with E-state index in [1.54, 1.807) is 23.9 Å². The molecule has 1 aromatic carbocycles. The van der Waals surface area contributed by atoms with Crippen molar-refractivity contribution in [2.45, 2.75) is 25.9 Å². The van der Waals surface area contributed by atoms with Gasteiger partial charge in [-0.2, -0.15) is 11.8 Å². The van der Waals surface area contributed by atoms with Crippen molar-refractivity contribution in [3.05, 3.63) is 34.1 Å². The smallest absolute Gasteiger partial charge is 0.127 e. The highest BCUT2D eigenvalue weighted by molar-refractivity contribution is 9.10. The second-order valence-electron chi connectivity index (χ2n) is 3.58. The van der Waals surface area contributed by atoms with Crippen LogP contribution in [0.25, 0.3) is 0 Å². The summed E-state index contributed by atoms with van der Waals surface area (Å²) in [6, 6.07) is 4.95. The van der Waals surface area contributed by atoms with Crippen LogP contribution in [-0.4, -0.2) is 22.7 Å². The van der Waals surface area contributed by atoms with Gasteiger partial charge in [-0.15, -0.1) is 0 Å². The number of aliphatic hydroxyl groups is 1. The molecular formula is C12H16BrFOS. The predicted molar refractivity (Wildman–Crippen MR) is 71.4 cm³/mol. The molecule has 0 aliphatic rings. The standard InChI is InChI=1S/C12H16BrFOS/c1-2-16-6-5-11(15)7-9-3-4-10(13)8-12(9)14/h3-4,8,11,15H,2,5-7H2,1H3. The van der Waals surface area contributed by atoms with Gasteiger partial charge in [-0.3, -0.25) is 0 Å². The summed E-state index contributed by atoms with van der Waals surface area (Å²) < 4.78 is 14.2. The van der Waals surface area contributed by atoms with E-state index in [-0.39, 0.29) is 5.82 Å². The largest absolute Gasteiger partial charge is 0.393 e. The van der Waals surface area contributed by atoms with Gasteiger partial charge in [-0.1, -0.05) is 28.9 Å². The van der Waals surface area contributed by atoms with Crippen LogP contribution >= 0.6 is 27.7 Å². The van der Waals surface area contributed by atoms with Crippen molar-refractivity contribution >= 4 is 27.7 Å². The zero-order valence-electron chi connectivity index (χ0n) is 9.25. The zero-order valence-corrected chi connectivity index (χ0v) is 11.7. The van der Waals surface area contributed by atoms with Gasteiger partial charge in [0.05, 0.1) is 6.10 Å². The molecular weight excluding hydrogens is 291 g/mol. The molecule has 0 aromatic heterocycles. The van der Waals surface area contributed by atoms with Crippen LogP contribution in [-0.2, 0) is 6.42 Å². The highest BCUT2D eigenvalue weighted by atomic mass is 79.9. The second-order valence-corrected chi connectivity index (χ2v) is 5.89. The summed E-state index contributed by atoms with van der Waals surface area (Å²) in [5.41, 5.74) is 0.581. The van der Waals surface area contributed by atoms with Crippen molar-refractivity contribution in [3.8, 4) is 0 Å². The Kier molecular flexibility index (Phi) is 6.39. The lowest BCUT2D eigenvalue weighted by Crippen LogP contribution is -2.12. The van der Waals surface area contributed by atoms with Crippen LogP contribution in [0.4, 0.5) is 4.39 Å². The lowest BCUT2D eigenvalue weighted by molar-refractivity contribution is 0.171. The molecule has 0 aliphatic carbocycles. The zero-order chi connectivity index (χ0) is 12.0. The van der Waals surface area contributed by atoms with Crippen LogP contribution in [0.15, 0.2) is 22.7 Å². The predicted octanol–water partition coefficient (Wildman–Crippen LogP) is 3.63. The Morgan fingerprint density at radius 2 is 2.25 bits per heavy atom. The lowest BCUT2D eigenvalue weighted by Gasteiger charge is -2.10. The molecule has 1 nitrogen and oxygen atoms in total. The van der Waals surface area contributed by atoms with Gasteiger partial charge in [0, 0.05) is 10.9 Å². The maximum absolute atomic E-state index is 13.5. The fourth-order valence-electron chi connectivity index (χ4n) is 1.41. The Morgan fingerprint density at radius 1 is 1.50 bits per heavy atom. The number of hydrogen-bond acceptors (Lipinski definition) is 2. The van der Waals surface area contributed by atoms with E-state index in [0.29, 0.717) is 18.4 Å². The van der Waals surface area contributed by atoms with Crippen molar-refractivity contribution in [1.82, 2.24) is 0 Å². The highest BCUT2D eigenvalue weighted by Crippen LogP contribution is 2.17. The Hall–Kier alpha value is -0.0600. The first-order valence-electron chi connectivity index (χ1n) is 5.33. The first kappa shape index (κ1) is 14.0. The molecule has 1 aromatic rings. The Bertz CT molecular complexity index is 333. The molecule has 0 fully saturated rings. The first-order chi connectivity index (χ1) is 7.63. The van der Waals surface area contributed by atoms with E-state index < -0.39 is 6.10 Å². The van der Waals surface area contributed by atoms with Gasteiger partial charge in [0.1, 0.15) is 5.82 Å². The van der Waals surface area contributed by atoms with Gasteiger partial charge in [0.25, 0.3) is 0 Å². The van der Waals surface area contributed by atoms with Crippen molar-refractivity contribution in [2.75, 3.05) is 11.5 Å². The van der Waals surface area contributed by atoms with Crippen LogP contribution in [0.5, 0.6) is 0 Å². The van der Waals surface area contributed by atoms with Crippen LogP contribution < -0.4 is 0 Å². The van der Waals surface area contributed by atoms with Gasteiger partial charge >= 0.3 is 0 Å². The first-order valence-corrected chi connectivity index (χ1v) is 7.28. The SMILES string of the molecule is CCSCCC(O)Cc1ccc(Br)cc1F. The minimum atomic E-state index is -0.449. The average Bonchev–Trinajstić information content (AvgIpc) is 2.23. The van der Waals surface area contributed by atoms with Crippen LogP contribution in [0.3, 0.4) is 0 Å². The molecule has 1 unspecified atom stereocenters. The van der Waals surface area contributed by atoms with Crippen LogP contribution in [0.2, 0.25) is 0 Å². The van der Waals surface area contributed by atoms with Gasteiger partial charge in [-0.05, 0) is 35.6 Å². The molecule has 0 saturated heterocycles. The molecule has 1 atom stereocenters. The number of halogens is 2. The lowest BCUT2D eigenvalue weighted by atomic mass is 10.1. The summed E-state index contributed by atoms with van der Waals surface area (Å²) in [6.07, 6.45) is 0.659. The van der Waals surface area contributed by atoms with Crippen LogP contribution in [0, 0.1) is 5.82 Å². The summed E-state index contributed by atoms with van der Waals surface area (Å²) in [7, 11) is 0.